The van der Waals surface area contributed by atoms with Crippen LogP contribution in [0.4, 0.5) is 5.82 Å². The Bertz CT molecular complexity index is 1410. The number of nitrogens with zero attached hydrogens (tertiary/aromatic N) is 2. The van der Waals surface area contributed by atoms with E-state index in [9.17, 15) is 9.90 Å². The van der Waals surface area contributed by atoms with E-state index >= 15 is 0 Å². The highest BCUT2D eigenvalue weighted by Gasteiger charge is 2.29. The number of rotatable bonds is 5. The van der Waals surface area contributed by atoms with Gasteiger partial charge in [0.25, 0.3) is 5.91 Å². The number of aromatic nitrogens is 1. The molecule has 7 nitrogen and oxygen atoms in total. The Labute approximate surface area is 202 Å². The Hall–Kier alpha value is -4.10. The van der Waals surface area contributed by atoms with E-state index in [0.29, 0.717) is 42.2 Å². The van der Waals surface area contributed by atoms with Crippen LogP contribution in [-0.2, 0) is 6.54 Å². The van der Waals surface area contributed by atoms with Crippen molar-refractivity contribution in [2.45, 2.75) is 25.6 Å². The summed E-state index contributed by atoms with van der Waals surface area (Å²) < 4.78 is 11.0. The normalized spacial score (nSPS) is 16.6. The average Bonchev–Trinajstić information content (AvgIpc) is 3.55. The second kappa shape index (κ2) is 8.92. The van der Waals surface area contributed by atoms with Gasteiger partial charge in [0.15, 0.2) is 11.5 Å². The van der Waals surface area contributed by atoms with Crippen LogP contribution >= 0.6 is 0 Å². The average molecular weight is 468 g/mol. The molecule has 1 amide bonds. The van der Waals surface area contributed by atoms with Crippen molar-refractivity contribution < 1.29 is 19.4 Å². The van der Waals surface area contributed by atoms with Crippen LogP contribution in [0.1, 0.15) is 28.8 Å². The van der Waals surface area contributed by atoms with Gasteiger partial charge in [-0.3, -0.25) is 4.79 Å². The molecule has 1 aromatic heterocycles. The van der Waals surface area contributed by atoms with E-state index < -0.39 is 6.23 Å². The van der Waals surface area contributed by atoms with E-state index in [0.717, 1.165) is 34.2 Å². The molecule has 35 heavy (non-hydrogen) atoms. The van der Waals surface area contributed by atoms with Crippen LogP contribution in [0.5, 0.6) is 11.5 Å². The summed E-state index contributed by atoms with van der Waals surface area (Å²) in [6.07, 6.45) is 0.622. The summed E-state index contributed by atoms with van der Waals surface area (Å²) in [5, 5.41) is 14.5. The minimum atomic E-state index is -0.761. The van der Waals surface area contributed by atoms with Gasteiger partial charge in [-0.25, -0.2) is 4.98 Å². The number of ether oxygens (including phenoxy) is 2. The van der Waals surface area contributed by atoms with Crippen LogP contribution in [0.2, 0.25) is 0 Å². The van der Waals surface area contributed by atoms with E-state index in [-0.39, 0.29) is 12.7 Å². The lowest BCUT2D eigenvalue weighted by Gasteiger charge is -2.22. The summed E-state index contributed by atoms with van der Waals surface area (Å²) in [5.41, 5.74) is 4.26. The first-order valence-corrected chi connectivity index (χ1v) is 11.8. The molecule has 1 unspecified atom stereocenters. The molecule has 2 N–H and O–H groups in total. The summed E-state index contributed by atoms with van der Waals surface area (Å²) in [5.74, 6) is 1.86. The number of anilines is 1. The third kappa shape index (κ3) is 4.15. The number of hydrogen-bond acceptors (Lipinski definition) is 6. The van der Waals surface area contributed by atoms with E-state index in [1.807, 2.05) is 66.7 Å². The molecule has 3 aromatic carbocycles. The third-order valence-electron chi connectivity index (χ3n) is 6.54. The zero-order valence-corrected chi connectivity index (χ0v) is 19.1. The maximum absolute atomic E-state index is 13.6. The van der Waals surface area contributed by atoms with Gasteiger partial charge in [0.1, 0.15) is 12.0 Å². The Kier molecular flexibility index (Phi) is 5.47. The van der Waals surface area contributed by atoms with Crippen molar-refractivity contribution in [2.24, 2.45) is 0 Å². The minimum Gasteiger partial charge on any atom is -0.454 e. The lowest BCUT2D eigenvalue weighted by molar-refractivity contribution is 0.0294. The van der Waals surface area contributed by atoms with Crippen LogP contribution in [0.3, 0.4) is 0 Å². The lowest BCUT2D eigenvalue weighted by Crippen LogP contribution is -2.35. The van der Waals surface area contributed by atoms with Gasteiger partial charge in [-0.2, -0.15) is 0 Å². The van der Waals surface area contributed by atoms with Crippen molar-refractivity contribution in [1.29, 1.82) is 0 Å². The predicted octanol–water partition coefficient (Wildman–Crippen LogP) is 4.80. The SMILES string of the molecule is O=C(c1cc(NCc2ccccc2)nc2ccc(-c3ccc4c(c3)OCO4)cc12)N1CCCC1O. The molecule has 0 aliphatic carbocycles. The number of likely N-dealkylation sites (tertiary alicyclic amines) is 1. The van der Waals surface area contributed by atoms with Gasteiger partial charge in [-0.1, -0.05) is 42.5 Å². The first-order chi connectivity index (χ1) is 17.2. The molecule has 0 radical (unpaired) electrons. The summed E-state index contributed by atoms with van der Waals surface area (Å²) in [7, 11) is 0. The molecule has 6 rings (SSSR count). The van der Waals surface area contributed by atoms with Crippen LogP contribution in [0.25, 0.3) is 22.0 Å². The Morgan fingerprint density at radius 2 is 1.80 bits per heavy atom. The maximum atomic E-state index is 13.6. The Morgan fingerprint density at radius 3 is 2.63 bits per heavy atom. The van der Waals surface area contributed by atoms with Crippen molar-refractivity contribution >= 4 is 22.6 Å². The highest BCUT2D eigenvalue weighted by atomic mass is 16.7. The standard InChI is InChI=1S/C28H25N3O4/c32-27-7-4-12-31(27)28(33)22-15-26(29-16-18-5-2-1-3-6-18)30-23-10-8-19(13-21(22)23)20-9-11-24-25(14-20)35-17-34-24/h1-3,5-6,8-11,13-15,27,32H,4,7,12,16-17H2,(H,29,30). The zero-order valence-electron chi connectivity index (χ0n) is 19.1. The number of carbonyl (C=O) groups is 1. The van der Waals surface area contributed by atoms with E-state index in [1.165, 1.54) is 0 Å². The van der Waals surface area contributed by atoms with E-state index in [1.54, 1.807) is 11.0 Å². The molecule has 176 valence electrons. The number of amides is 1. The van der Waals surface area contributed by atoms with Crippen molar-refractivity contribution in [3.63, 3.8) is 0 Å². The number of pyridine rings is 1. The molecule has 1 saturated heterocycles. The van der Waals surface area contributed by atoms with Gasteiger partial charge in [-0.15, -0.1) is 0 Å². The lowest BCUT2D eigenvalue weighted by atomic mass is 9.99. The number of carbonyl (C=O) groups excluding carboxylic acids is 1. The molecule has 2 aliphatic heterocycles. The Balaban J connectivity index is 1.41. The summed E-state index contributed by atoms with van der Waals surface area (Å²) in [6.45, 7) is 1.35. The molecule has 7 heteroatoms. The van der Waals surface area contributed by atoms with Crippen LogP contribution in [0, 0.1) is 0 Å². The Morgan fingerprint density at radius 1 is 1.00 bits per heavy atom. The van der Waals surface area contributed by atoms with E-state index in [4.69, 9.17) is 14.5 Å². The molecule has 3 heterocycles. The highest BCUT2D eigenvalue weighted by Crippen LogP contribution is 2.37. The van der Waals surface area contributed by atoms with Crippen LogP contribution in [-0.4, -0.2) is 40.5 Å². The van der Waals surface area contributed by atoms with Gasteiger partial charge >= 0.3 is 0 Å². The fourth-order valence-electron chi connectivity index (χ4n) is 4.68. The van der Waals surface area contributed by atoms with Gasteiger partial charge in [0.2, 0.25) is 6.79 Å². The second-order valence-electron chi connectivity index (χ2n) is 8.82. The molecular weight excluding hydrogens is 442 g/mol. The van der Waals surface area contributed by atoms with Crippen molar-refractivity contribution in [3.05, 3.63) is 83.9 Å². The molecular formula is C28H25N3O4. The van der Waals surface area contributed by atoms with Gasteiger partial charge in [0.05, 0.1) is 11.1 Å². The first-order valence-electron chi connectivity index (χ1n) is 11.8. The van der Waals surface area contributed by atoms with Gasteiger partial charge in [0, 0.05) is 18.5 Å². The molecule has 2 aliphatic rings. The molecule has 0 saturated carbocycles. The molecule has 1 atom stereocenters. The van der Waals surface area contributed by atoms with Crippen molar-refractivity contribution in [1.82, 2.24) is 9.88 Å². The smallest absolute Gasteiger partial charge is 0.256 e. The first kappa shape index (κ1) is 21.4. The van der Waals surface area contributed by atoms with Crippen molar-refractivity contribution in [3.8, 4) is 22.6 Å². The number of aliphatic hydroxyl groups is 1. The van der Waals surface area contributed by atoms with E-state index in [2.05, 4.69) is 5.32 Å². The largest absolute Gasteiger partial charge is 0.454 e. The minimum absolute atomic E-state index is 0.187. The third-order valence-corrected chi connectivity index (χ3v) is 6.54. The quantitative estimate of drug-likeness (QED) is 0.439. The topological polar surface area (TPSA) is 83.9 Å². The fraction of sp³-hybridized carbons (Fsp3) is 0.214. The van der Waals surface area contributed by atoms with Crippen LogP contribution < -0.4 is 14.8 Å². The molecule has 4 aromatic rings. The fourth-order valence-corrected chi connectivity index (χ4v) is 4.68. The van der Waals surface area contributed by atoms with Gasteiger partial charge in [-0.05, 0) is 59.9 Å². The number of nitrogens with one attached hydrogen (secondary N) is 1. The van der Waals surface area contributed by atoms with Crippen molar-refractivity contribution in [2.75, 3.05) is 18.7 Å². The monoisotopic (exact) mass is 467 g/mol. The number of hydrogen-bond donors (Lipinski definition) is 2. The summed E-state index contributed by atoms with van der Waals surface area (Å²) >= 11 is 0. The summed E-state index contributed by atoms with van der Waals surface area (Å²) in [6, 6.07) is 23.6. The highest BCUT2D eigenvalue weighted by molar-refractivity contribution is 6.08. The zero-order chi connectivity index (χ0) is 23.8. The number of benzene rings is 3. The number of fused-ring (bicyclic) bond motifs is 2. The number of aliphatic hydroxyl groups excluding tert-OH is 1. The summed E-state index contributed by atoms with van der Waals surface area (Å²) in [4.78, 5) is 19.9. The van der Waals surface area contributed by atoms with Gasteiger partial charge < -0.3 is 24.8 Å². The second-order valence-corrected chi connectivity index (χ2v) is 8.82. The molecule has 0 spiro atoms. The molecule has 1 fully saturated rings. The maximum Gasteiger partial charge on any atom is 0.256 e. The van der Waals surface area contributed by atoms with Crippen LogP contribution in [0.15, 0.2) is 72.8 Å². The predicted molar refractivity (Wildman–Crippen MR) is 133 cm³/mol. The molecule has 0 bridgehead atoms.